The zero-order valence-electron chi connectivity index (χ0n) is 11.7. The van der Waals surface area contributed by atoms with Crippen molar-refractivity contribution in [3.05, 3.63) is 0 Å². The van der Waals surface area contributed by atoms with Gasteiger partial charge >= 0.3 is 0 Å². The smallest absolute Gasteiger partial charge is 0.220 e. The van der Waals surface area contributed by atoms with E-state index in [9.17, 15) is 4.79 Å². The van der Waals surface area contributed by atoms with Crippen LogP contribution >= 0.6 is 11.9 Å². The van der Waals surface area contributed by atoms with Crippen LogP contribution in [0.4, 0.5) is 0 Å². The highest BCUT2D eigenvalue weighted by atomic mass is 32.2. The summed E-state index contributed by atoms with van der Waals surface area (Å²) < 4.78 is 13.7. The third kappa shape index (κ3) is 13.8. The van der Waals surface area contributed by atoms with Crippen LogP contribution in [0.2, 0.25) is 0 Å². The van der Waals surface area contributed by atoms with E-state index < -0.39 is 0 Å². The van der Waals surface area contributed by atoms with Gasteiger partial charge in [-0.25, -0.2) is 0 Å². The summed E-state index contributed by atoms with van der Waals surface area (Å²) in [6, 6.07) is 0. The summed E-state index contributed by atoms with van der Waals surface area (Å²) in [5.74, 6) is 0.488. The molecule has 0 atom stereocenters. The van der Waals surface area contributed by atoms with Crippen LogP contribution < -0.4 is 10.0 Å². The molecular weight excluding hydrogens is 252 g/mol. The second-order valence-corrected chi connectivity index (χ2v) is 4.97. The minimum absolute atomic E-state index is 0.0907. The fourth-order valence-electron chi connectivity index (χ4n) is 1.24. The van der Waals surface area contributed by atoms with E-state index in [0.29, 0.717) is 45.3 Å². The molecule has 0 aliphatic rings. The number of hydrogen-bond acceptors (Lipinski definition) is 5. The molecule has 0 fully saturated rings. The molecule has 0 saturated carbocycles. The first-order chi connectivity index (χ1) is 8.66. The van der Waals surface area contributed by atoms with Crippen LogP contribution in [-0.4, -0.2) is 51.7 Å². The first-order valence-corrected chi connectivity index (χ1v) is 7.57. The van der Waals surface area contributed by atoms with Gasteiger partial charge in [0.15, 0.2) is 0 Å². The Bertz CT molecular complexity index is 204. The van der Waals surface area contributed by atoms with Crippen molar-refractivity contribution in [3.63, 3.8) is 0 Å². The molecule has 0 aliphatic heterocycles. The second-order valence-electron chi connectivity index (χ2n) is 4.27. The van der Waals surface area contributed by atoms with Crippen molar-refractivity contribution in [2.24, 2.45) is 5.92 Å². The molecule has 108 valence electrons. The standard InChI is InChI=1S/C12H26N2O3S/c1-11(2)10-12(15)13-4-6-16-8-9-17-7-5-14-18-3/h11,14H,4-10H2,1-3H3,(H,13,15). The molecule has 0 aromatic rings. The molecule has 5 nitrogen and oxygen atoms in total. The van der Waals surface area contributed by atoms with Crippen LogP contribution in [-0.2, 0) is 14.3 Å². The van der Waals surface area contributed by atoms with Crippen molar-refractivity contribution in [1.29, 1.82) is 0 Å². The number of carbonyl (C=O) groups is 1. The van der Waals surface area contributed by atoms with Gasteiger partial charge in [-0.2, -0.15) is 0 Å². The fraction of sp³-hybridized carbons (Fsp3) is 0.917. The Hall–Kier alpha value is -0.300. The van der Waals surface area contributed by atoms with Gasteiger partial charge in [0.1, 0.15) is 0 Å². The molecule has 2 N–H and O–H groups in total. The minimum Gasteiger partial charge on any atom is -0.378 e. The third-order valence-electron chi connectivity index (χ3n) is 2.03. The maximum Gasteiger partial charge on any atom is 0.220 e. The highest BCUT2D eigenvalue weighted by Gasteiger charge is 2.02. The molecule has 6 heteroatoms. The van der Waals surface area contributed by atoms with Crippen molar-refractivity contribution in [1.82, 2.24) is 10.0 Å². The highest BCUT2D eigenvalue weighted by Crippen LogP contribution is 1.97. The first kappa shape index (κ1) is 17.7. The number of nitrogens with one attached hydrogen (secondary N) is 2. The molecule has 0 aromatic heterocycles. The van der Waals surface area contributed by atoms with Crippen molar-refractivity contribution in [2.75, 3.05) is 45.8 Å². The number of ether oxygens (including phenoxy) is 2. The van der Waals surface area contributed by atoms with E-state index in [0.717, 1.165) is 6.54 Å². The van der Waals surface area contributed by atoms with Gasteiger partial charge in [0, 0.05) is 19.5 Å². The maximum atomic E-state index is 11.3. The van der Waals surface area contributed by atoms with Gasteiger partial charge in [0.2, 0.25) is 5.91 Å². The summed E-state index contributed by atoms with van der Waals surface area (Å²) >= 11 is 1.58. The number of hydrogen-bond donors (Lipinski definition) is 2. The molecule has 0 heterocycles. The SMILES string of the molecule is CSNCCOCCOCCNC(=O)CC(C)C. The third-order valence-corrected chi connectivity index (χ3v) is 2.52. The molecule has 0 bridgehead atoms. The normalized spacial score (nSPS) is 10.9. The Labute approximate surface area is 115 Å². The zero-order valence-corrected chi connectivity index (χ0v) is 12.5. The van der Waals surface area contributed by atoms with E-state index in [1.54, 1.807) is 11.9 Å². The van der Waals surface area contributed by atoms with Gasteiger partial charge in [-0.05, 0) is 12.2 Å². The molecule has 0 aliphatic carbocycles. The number of amides is 1. The molecule has 0 rings (SSSR count). The maximum absolute atomic E-state index is 11.3. The minimum atomic E-state index is 0.0907. The Morgan fingerprint density at radius 3 is 2.28 bits per heavy atom. The Kier molecular flexibility index (Phi) is 12.9. The Morgan fingerprint density at radius 1 is 1.11 bits per heavy atom. The fourth-order valence-corrected chi connectivity index (χ4v) is 1.53. The predicted octanol–water partition coefficient (Wildman–Crippen LogP) is 1.05. The second kappa shape index (κ2) is 13.1. The highest BCUT2D eigenvalue weighted by molar-refractivity contribution is 7.96. The lowest BCUT2D eigenvalue weighted by atomic mass is 10.1. The number of carbonyl (C=O) groups excluding carboxylic acids is 1. The topological polar surface area (TPSA) is 59.6 Å². The zero-order chi connectivity index (χ0) is 13.6. The molecule has 0 spiro atoms. The summed E-state index contributed by atoms with van der Waals surface area (Å²) in [7, 11) is 0. The van der Waals surface area contributed by atoms with Gasteiger partial charge in [0.05, 0.1) is 26.4 Å². The van der Waals surface area contributed by atoms with Crippen LogP contribution in [0.1, 0.15) is 20.3 Å². The molecule has 18 heavy (non-hydrogen) atoms. The van der Waals surface area contributed by atoms with Gasteiger partial charge in [-0.15, -0.1) is 0 Å². The predicted molar refractivity (Wildman–Crippen MR) is 75.6 cm³/mol. The average Bonchev–Trinajstić information content (AvgIpc) is 2.30. The first-order valence-electron chi connectivity index (χ1n) is 6.34. The molecule has 0 unspecified atom stereocenters. The van der Waals surface area contributed by atoms with Crippen LogP contribution in [0.15, 0.2) is 0 Å². The van der Waals surface area contributed by atoms with E-state index in [-0.39, 0.29) is 5.91 Å². The van der Waals surface area contributed by atoms with E-state index in [1.165, 1.54) is 0 Å². The Balaban J connectivity index is 3.09. The van der Waals surface area contributed by atoms with Gasteiger partial charge in [-0.1, -0.05) is 25.8 Å². The molecule has 0 radical (unpaired) electrons. The van der Waals surface area contributed by atoms with E-state index >= 15 is 0 Å². The van der Waals surface area contributed by atoms with Gasteiger partial charge in [-0.3, -0.25) is 9.52 Å². The molecule has 0 aromatic carbocycles. The van der Waals surface area contributed by atoms with E-state index in [2.05, 4.69) is 10.0 Å². The van der Waals surface area contributed by atoms with Crippen molar-refractivity contribution < 1.29 is 14.3 Å². The largest absolute Gasteiger partial charge is 0.378 e. The van der Waals surface area contributed by atoms with E-state index in [1.807, 2.05) is 20.1 Å². The van der Waals surface area contributed by atoms with E-state index in [4.69, 9.17) is 9.47 Å². The summed E-state index contributed by atoms with van der Waals surface area (Å²) in [4.78, 5) is 11.3. The molecule has 1 amide bonds. The summed E-state index contributed by atoms with van der Waals surface area (Å²) in [5, 5.41) is 2.82. The number of rotatable bonds is 12. The van der Waals surface area contributed by atoms with Crippen LogP contribution in [0.3, 0.4) is 0 Å². The average molecular weight is 278 g/mol. The summed E-state index contributed by atoms with van der Waals surface area (Å²) in [5.41, 5.74) is 0. The summed E-state index contributed by atoms with van der Waals surface area (Å²) in [6.07, 6.45) is 2.56. The molecular formula is C12H26N2O3S. The Morgan fingerprint density at radius 2 is 1.72 bits per heavy atom. The van der Waals surface area contributed by atoms with Gasteiger partial charge < -0.3 is 14.8 Å². The van der Waals surface area contributed by atoms with Crippen molar-refractivity contribution in [2.45, 2.75) is 20.3 Å². The lowest BCUT2D eigenvalue weighted by molar-refractivity contribution is -0.122. The van der Waals surface area contributed by atoms with Crippen LogP contribution in [0, 0.1) is 5.92 Å². The van der Waals surface area contributed by atoms with Crippen LogP contribution in [0.5, 0.6) is 0 Å². The molecule has 0 saturated heterocycles. The van der Waals surface area contributed by atoms with Crippen molar-refractivity contribution in [3.8, 4) is 0 Å². The van der Waals surface area contributed by atoms with Crippen LogP contribution in [0.25, 0.3) is 0 Å². The van der Waals surface area contributed by atoms with Gasteiger partial charge in [0.25, 0.3) is 0 Å². The quantitative estimate of drug-likeness (QED) is 0.413. The lowest BCUT2D eigenvalue weighted by Gasteiger charge is -2.08. The monoisotopic (exact) mass is 278 g/mol. The lowest BCUT2D eigenvalue weighted by Crippen LogP contribution is -2.28. The van der Waals surface area contributed by atoms with Crippen molar-refractivity contribution >= 4 is 17.9 Å². The summed E-state index contributed by atoms with van der Waals surface area (Å²) in [6.45, 7) is 7.85.